The number of hydrogen-bond acceptors (Lipinski definition) is 5. The van der Waals surface area contributed by atoms with Crippen molar-refractivity contribution in [1.82, 2.24) is 10.2 Å². The summed E-state index contributed by atoms with van der Waals surface area (Å²) in [5.74, 6) is -0.187. The molecule has 0 aliphatic carbocycles. The molecule has 4 rings (SSSR count). The van der Waals surface area contributed by atoms with Gasteiger partial charge < -0.3 is 15.0 Å². The molecule has 0 saturated heterocycles. The largest absolute Gasteiger partial charge is 0.497 e. The van der Waals surface area contributed by atoms with E-state index in [0.717, 1.165) is 40.3 Å². The van der Waals surface area contributed by atoms with Crippen LogP contribution in [0.1, 0.15) is 43.4 Å². The Morgan fingerprint density at radius 3 is 2.09 bits per heavy atom. The number of carbonyl (C=O) groups is 2. The summed E-state index contributed by atoms with van der Waals surface area (Å²) >= 11 is 0. The van der Waals surface area contributed by atoms with Crippen molar-refractivity contribution in [2.75, 3.05) is 24.5 Å². The van der Waals surface area contributed by atoms with Crippen LogP contribution in [-0.4, -0.2) is 51.4 Å². The van der Waals surface area contributed by atoms with Crippen molar-refractivity contribution in [3.8, 4) is 5.75 Å². The maximum atomic E-state index is 14.6. The molecular weight excluding hydrogens is 598 g/mol. The summed E-state index contributed by atoms with van der Waals surface area (Å²) in [7, 11) is -2.58. The van der Waals surface area contributed by atoms with Crippen molar-refractivity contribution in [2.24, 2.45) is 0 Å². The number of anilines is 1. The lowest BCUT2D eigenvalue weighted by Gasteiger charge is -2.34. The molecular formula is C37H43N3O5S. The Morgan fingerprint density at radius 1 is 0.804 bits per heavy atom. The zero-order chi connectivity index (χ0) is 32.9. The molecule has 0 heterocycles. The van der Waals surface area contributed by atoms with Crippen molar-refractivity contribution in [3.05, 3.63) is 126 Å². The summed E-state index contributed by atoms with van der Waals surface area (Å²) in [6.07, 6.45) is 2.74. The van der Waals surface area contributed by atoms with Gasteiger partial charge in [-0.25, -0.2) is 8.42 Å². The fraction of sp³-hybridized carbons (Fsp3) is 0.297. The maximum Gasteiger partial charge on any atom is 0.264 e. The van der Waals surface area contributed by atoms with Gasteiger partial charge in [-0.2, -0.15) is 0 Å². The fourth-order valence-electron chi connectivity index (χ4n) is 5.17. The third kappa shape index (κ3) is 8.97. The van der Waals surface area contributed by atoms with Crippen LogP contribution in [0.2, 0.25) is 0 Å². The fourth-order valence-corrected chi connectivity index (χ4v) is 6.61. The molecule has 1 atom stereocenters. The number of carbonyl (C=O) groups excluding carboxylic acids is 2. The number of sulfonamides is 1. The summed E-state index contributed by atoms with van der Waals surface area (Å²) in [5.41, 5.74) is 3.03. The molecule has 0 spiro atoms. The van der Waals surface area contributed by atoms with E-state index in [1.807, 2.05) is 80.6 Å². The minimum atomic E-state index is -4.14. The van der Waals surface area contributed by atoms with Gasteiger partial charge in [-0.15, -0.1) is 0 Å². The monoisotopic (exact) mass is 641 g/mol. The Bertz CT molecular complexity index is 1660. The van der Waals surface area contributed by atoms with E-state index < -0.39 is 28.5 Å². The molecule has 0 unspecified atom stereocenters. The van der Waals surface area contributed by atoms with E-state index >= 15 is 0 Å². The van der Waals surface area contributed by atoms with E-state index in [2.05, 4.69) is 5.32 Å². The molecule has 0 fully saturated rings. The van der Waals surface area contributed by atoms with Gasteiger partial charge in [0.25, 0.3) is 10.0 Å². The molecule has 9 heteroatoms. The van der Waals surface area contributed by atoms with Crippen LogP contribution in [0.3, 0.4) is 0 Å². The van der Waals surface area contributed by atoms with Crippen LogP contribution in [-0.2, 0) is 39.0 Å². The number of unbranched alkanes of at least 4 members (excludes halogenated alkanes) is 1. The van der Waals surface area contributed by atoms with E-state index in [-0.39, 0.29) is 23.8 Å². The second-order valence-corrected chi connectivity index (χ2v) is 12.9. The van der Waals surface area contributed by atoms with Crippen molar-refractivity contribution < 1.29 is 22.7 Å². The average Bonchev–Trinajstić information content (AvgIpc) is 3.09. The molecule has 4 aromatic rings. The summed E-state index contributed by atoms with van der Waals surface area (Å²) < 4.78 is 34.8. The zero-order valence-corrected chi connectivity index (χ0v) is 27.6. The van der Waals surface area contributed by atoms with E-state index in [4.69, 9.17) is 4.74 Å². The Hall–Kier alpha value is -4.63. The quantitative estimate of drug-likeness (QED) is 0.151. The van der Waals surface area contributed by atoms with E-state index in [9.17, 15) is 18.0 Å². The topological polar surface area (TPSA) is 96.0 Å². The standard InChI is InChI=1S/C37H43N3O5S/c1-4-6-24-38-37(42)35(26-30-14-9-7-10-15-30)39(27-31-16-13-17-33(25-31)45-3)36(41)28-40(32-22-20-29(5-2)21-23-32)46(43,44)34-18-11-8-12-19-34/h7-23,25,35H,4-6,24,26-28H2,1-3H3,(H,38,42)/t35-/m0/s1. The van der Waals surface area contributed by atoms with Crippen LogP contribution < -0.4 is 14.4 Å². The molecule has 0 bridgehead atoms. The van der Waals surface area contributed by atoms with Gasteiger partial charge in [0.2, 0.25) is 11.8 Å². The first-order valence-electron chi connectivity index (χ1n) is 15.7. The molecule has 46 heavy (non-hydrogen) atoms. The highest BCUT2D eigenvalue weighted by molar-refractivity contribution is 7.92. The van der Waals surface area contributed by atoms with Gasteiger partial charge in [0.15, 0.2) is 0 Å². The molecule has 2 amide bonds. The number of methoxy groups -OCH3 is 1. The molecule has 4 aromatic carbocycles. The van der Waals surface area contributed by atoms with Crippen LogP contribution in [0.4, 0.5) is 5.69 Å². The summed E-state index contributed by atoms with van der Waals surface area (Å²) in [4.78, 5) is 30.0. The highest BCUT2D eigenvalue weighted by atomic mass is 32.2. The van der Waals surface area contributed by atoms with Crippen LogP contribution in [0.25, 0.3) is 0 Å². The minimum absolute atomic E-state index is 0.0693. The third-order valence-electron chi connectivity index (χ3n) is 7.83. The van der Waals surface area contributed by atoms with Crippen molar-refractivity contribution in [2.45, 2.75) is 57.0 Å². The Balaban J connectivity index is 1.79. The highest BCUT2D eigenvalue weighted by Crippen LogP contribution is 2.26. The molecule has 1 N–H and O–H groups in total. The lowest BCUT2D eigenvalue weighted by Crippen LogP contribution is -2.53. The van der Waals surface area contributed by atoms with Crippen LogP contribution >= 0.6 is 0 Å². The number of ether oxygens (including phenoxy) is 1. The molecule has 8 nitrogen and oxygen atoms in total. The van der Waals surface area contributed by atoms with Gasteiger partial charge in [0, 0.05) is 19.5 Å². The van der Waals surface area contributed by atoms with E-state index in [1.54, 1.807) is 37.4 Å². The minimum Gasteiger partial charge on any atom is -0.497 e. The second kappa shape index (κ2) is 16.6. The van der Waals surface area contributed by atoms with Crippen molar-refractivity contribution in [1.29, 1.82) is 0 Å². The van der Waals surface area contributed by atoms with Crippen LogP contribution in [0, 0.1) is 0 Å². The van der Waals surface area contributed by atoms with Gasteiger partial charge >= 0.3 is 0 Å². The predicted molar refractivity (Wildman–Crippen MR) is 182 cm³/mol. The summed E-state index contributed by atoms with van der Waals surface area (Å²) in [5, 5.41) is 3.01. The third-order valence-corrected chi connectivity index (χ3v) is 9.62. The van der Waals surface area contributed by atoms with Crippen molar-refractivity contribution >= 4 is 27.5 Å². The van der Waals surface area contributed by atoms with Crippen LogP contribution in [0.5, 0.6) is 5.75 Å². The lowest BCUT2D eigenvalue weighted by molar-refractivity contribution is -0.140. The Labute approximate surface area is 273 Å². The maximum absolute atomic E-state index is 14.6. The zero-order valence-electron chi connectivity index (χ0n) is 26.8. The van der Waals surface area contributed by atoms with Gasteiger partial charge in [0.1, 0.15) is 18.3 Å². The molecule has 0 radical (unpaired) electrons. The lowest BCUT2D eigenvalue weighted by atomic mass is 10.0. The van der Waals surface area contributed by atoms with E-state index in [0.29, 0.717) is 18.0 Å². The molecule has 0 aromatic heterocycles. The number of aryl methyl sites for hydroxylation is 1. The smallest absolute Gasteiger partial charge is 0.264 e. The highest BCUT2D eigenvalue weighted by Gasteiger charge is 2.34. The first kappa shape index (κ1) is 34.2. The van der Waals surface area contributed by atoms with Gasteiger partial charge in [-0.3, -0.25) is 13.9 Å². The first-order valence-corrected chi connectivity index (χ1v) is 17.1. The molecule has 0 aliphatic heterocycles. The first-order chi connectivity index (χ1) is 22.3. The molecule has 242 valence electrons. The Kier molecular flexibility index (Phi) is 12.4. The average molecular weight is 642 g/mol. The number of amides is 2. The predicted octanol–water partition coefficient (Wildman–Crippen LogP) is 6.01. The van der Waals surface area contributed by atoms with Gasteiger partial charge in [-0.1, -0.05) is 93.1 Å². The number of nitrogens with zero attached hydrogens (tertiary/aromatic N) is 2. The number of nitrogens with one attached hydrogen (secondary N) is 1. The summed E-state index contributed by atoms with van der Waals surface area (Å²) in [6.45, 7) is 4.11. The number of rotatable bonds is 16. The SMILES string of the molecule is CCCCNC(=O)[C@H](Cc1ccccc1)N(Cc1cccc(OC)c1)C(=O)CN(c1ccc(CC)cc1)S(=O)(=O)c1ccccc1. The summed E-state index contributed by atoms with van der Waals surface area (Å²) in [6, 6.07) is 31.2. The van der Waals surface area contributed by atoms with Crippen LogP contribution in [0.15, 0.2) is 114 Å². The van der Waals surface area contributed by atoms with E-state index in [1.165, 1.54) is 17.0 Å². The van der Waals surface area contributed by atoms with Gasteiger partial charge in [-0.05, 0) is 65.9 Å². The van der Waals surface area contributed by atoms with Gasteiger partial charge in [0.05, 0.1) is 17.7 Å². The molecule has 0 aliphatic rings. The number of benzene rings is 4. The second-order valence-electron chi connectivity index (χ2n) is 11.1. The molecule has 0 saturated carbocycles. The number of hydrogen-bond donors (Lipinski definition) is 1. The normalized spacial score (nSPS) is 11.8. The van der Waals surface area contributed by atoms with Crippen molar-refractivity contribution in [3.63, 3.8) is 0 Å². The Morgan fingerprint density at radius 2 is 1.46 bits per heavy atom.